The van der Waals surface area contributed by atoms with E-state index < -0.39 is 5.97 Å². The number of aliphatic carboxylic acids is 1. The number of aromatic hydroxyl groups is 1. The predicted molar refractivity (Wildman–Crippen MR) is 53.3 cm³/mol. The Hall–Kier alpha value is -1.77. The molecule has 0 radical (unpaired) electrons. The molecule has 74 valence electrons. The van der Waals surface area contributed by atoms with E-state index >= 15 is 0 Å². The van der Waals surface area contributed by atoms with Gasteiger partial charge in [-0.05, 0) is 6.07 Å². The van der Waals surface area contributed by atoms with E-state index in [9.17, 15) is 9.90 Å². The second-order valence-corrected chi connectivity index (χ2v) is 3.00. The summed E-state index contributed by atoms with van der Waals surface area (Å²) in [6.07, 6.45) is 1.48. The van der Waals surface area contributed by atoms with Crippen LogP contribution in [0.3, 0.4) is 0 Å². The molecule has 2 N–H and O–H groups in total. The quantitative estimate of drug-likeness (QED) is 0.718. The molecule has 0 saturated heterocycles. The van der Waals surface area contributed by atoms with Crippen molar-refractivity contribution < 1.29 is 15.0 Å². The van der Waals surface area contributed by atoms with Crippen molar-refractivity contribution in [3.63, 3.8) is 0 Å². The molecule has 14 heavy (non-hydrogen) atoms. The van der Waals surface area contributed by atoms with Crippen LogP contribution in [0.25, 0.3) is 0 Å². The summed E-state index contributed by atoms with van der Waals surface area (Å²) < 4.78 is 0. The summed E-state index contributed by atoms with van der Waals surface area (Å²) >= 11 is 0. The van der Waals surface area contributed by atoms with Gasteiger partial charge in [0.15, 0.2) is 0 Å². The van der Waals surface area contributed by atoms with Crippen LogP contribution in [0.4, 0.5) is 0 Å². The van der Waals surface area contributed by atoms with Gasteiger partial charge in [-0.25, -0.2) is 0 Å². The maximum atomic E-state index is 10.5. The van der Waals surface area contributed by atoms with E-state index in [2.05, 4.69) is 6.58 Å². The third-order valence-electron chi connectivity index (χ3n) is 2.02. The van der Waals surface area contributed by atoms with Gasteiger partial charge in [-0.3, -0.25) is 4.79 Å². The van der Waals surface area contributed by atoms with Gasteiger partial charge in [0.05, 0.1) is 6.42 Å². The highest BCUT2D eigenvalue weighted by molar-refractivity contribution is 5.68. The van der Waals surface area contributed by atoms with Crippen LogP contribution in [0.1, 0.15) is 17.9 Å². The zero-order chi connectivity index (χ0) is 10.6. The molecule has 3 heteroatoms. The number of allylic oxidation sites excluding steroid dienone is 1. The molecule has 0 saturated carbocycles. The number of carbonyl (C=O) groups is 1. The summed E-state index contributed by atoms with van der Waals surface area (Å²) in [4.78, 5) is 10.5. The molecule has 0 aromatic heterocycles. The number of para-hydroxylation sites is 1. The lowest BCUT2D eigenvalue weighted by molar-refractivity contribution is -0.137. The van der Waals surface area contributed by atoms with Crippen LogP contribution in [0.2, 0.25) is 0 Å². The zero-order valence-corrected chi connectivity index (χ0v) is 7.68. The molecule has 0 spiro atoms. The van der Waals surface area contributed by atoms with Crippen molar-refractivity contribution in [1.82, 2.24) is 0 Å². The van der Waals surface area contributed by atoms with Gasteiger partial charge in [-0.2, -0.15) is 0 Å². The maximum absolute atomic E-state index is 10.5. The molecule has 0 fully saturated rings. The number of hydrogen-bond donors (Lipinski definition) is 2. The summed E-state index contributed by atoms with van der Waals surface area (Å²) in [6, 6.07) is 6.69. The minimum atomic E-state index is -0.904. The fraction of sp³-hybridized carbons (Fsp3) is 0.182. The van der Waals surface area contributed by atoms with Crippen LogP contribution < -0.4 is 0 Å². The molecule has 1 aromatic carbocycles. The minimum absolute atomic E-state index is 0.0545. The first-order chi connectivity index (χ1) is 6.65. The zero-order valence-electron chi connectivity index (χ0n) is 7.68. The highest BCUT2D eigenvalue weighted by Crippen LogP contribution is 2.28. The smallest absolute Gasteiger partial charge is 0.304 e. The van der Waals surface area contributed by atoms with Crippen molar-refractivity contribution in [2.45, 2.75) is 12.3 Å². The van der Waals surface area contributed by atoms with Crippen molar-refractivity contribution in [3.8, 4) is 5.75 Å². The first kappa shape index (κ1) is 10.3. The number of hydrogen-bond acceptors (Lipinski definition) is 2. The summed E-state index contributed by atoms with van der Waals surface area (Å²) in [5.74, 6) is -1.13. The van der Waals surface area contributed by atoms with Gasteiger partial charge < -0.3 is 10.2 Å². The second-order valence-electron chi connectivity index (χ2n) is 3.00. The molecule has 0 aliphatic rings. The first-order valence-corrected chi connectivity index (χ1v) is 4.27. The lowest BCUT2D eigenvalue weighted by Crippen LogP contribution is -2.03. The normalized spacial score (nSPS) is 12.0. The molecular weight excluding hydrogens is 180 g/mol. The van der Waals surface area contributed by atoms with Crippen molar-refractivity contribution in [2.75, 3.05) is 0 Å². The number of phenols is 1. The van der Waals surface area contributed by atoms with E-state index in [1.807, 2.05) is 0 Å². The highest BCUT2D eigenvalue weighted by Gasteiger charge is 2.14. The summed E-state index contributed by atoms with van der Waals surface area (Å²) in [6.45, 7) is 3.56. The number of carboxylic acid groups (broad SMARTS) is 1. The lowest BCUT2D eigenvalue weighted by Gasteiger charge is -2.11. The fourth-order valence-electron chi connectivity index (χ4n) is 1.31. The topological polar surface area (TPSA) is 57.5 Å². The number of phenolic OH excluding ortho intramolecular Hbond substituents is 1. The summed E-state index contributed by atoms with van der Waals surface area (Å²) in [5.41, 5.74) is 0.602. The molecule has 3 nitrogen and oxygen atoms in total. The Morgan fingerprint density at radius 1 is 1.50 bits per heavy atom. The molecule has 1 rings (SSSR count). The molecule has 0 aliphatic heterocycles. The van der Waals surface area contributed by atoms with Crippen molar-refractivity contribution in [2.24, 2.45) is 0 Å². The largest absolute Gasteiger partial charge is 0.508 e. The lowest BCUT2D eigenvalue weighted by atomic mass is 9.95. The molecule has 0 amide bonds. The van der Waals surface area contributed by atoms with E-state index in [1.165, 1.54) is 12.1 Å². The third-order valence-corrected chi connectivity index (χ3v) is 2.02. The van der Waals surface area contributed by atoms with Gasteiger partial charge in [0.1, 0.15) is 5.75 Å². The van der Waals surface area contributed by atoms with Crippen LogP contribution in [0.5, 0.6) is 5.75 Å². The molecule has 0 aliphatic carbocycles. The third kappa shape index (κ3) is 2.36. The van der Waals surface area contributed by atoms with E-state index in [0.717, 1.165) is 0 Å². The SMILES string of the molecule is C=CC(CC(=O)O)c1ccccc1O. The standard InChI is InChI=1S/C11H12O3/c1-2-8(7-11(13)14)9-5-3-4-6-10(9)12/h2-6,8,12H,1,7H2,(H,13,14). The molecule has 1 aromatic rings. The fourth-order valence-corrected chi connectivity index (χ4v) is 1.31. The van der Waals surface area contributed by atoms with Gasteiger partial charge in [-0.1, -0.05) is 24.3 Å². The van der Waals surface area contributed by atoms with Crippen LogP contribution in [-0.4, -0.2) is 16.2 Å². The van der Waals surface area contributed by atoms with Crippen molar-refractivity contribution in [3.05, 3.63) is 42.5 Å². The van der Waals surface area contributed by atoms with Gasteiger partial charge in [0.25, 0.3) is 0 Å². The Kier molecular flexibility index (Phi) is 3.29. The van der Waals surface area contributed by atoms with E-state index in [0.29, 0.717) is 5.56 Å². The van der Waals surface area contributed by atoms with Gasteiger partial charge in [-0.15, -0.1) is 6.58 Å². The number of rotatable bonds is 4. The Morgan fingerprint density at radius 2 is 2.14 bits per heavy atom. The second kappa shape index (κ2) is 4.46. The van der Waals surface area contributed by atoms with E-state index in [4.69, 9.17) is 5.11 Å². The predicted octanol–water partition coefficient (Wildman–Crippen LogP) is 2.14. The Morgan fingerprint density at radius 3 is 2.64 bits per heavy atom. The van der Waals surface area contributed by atoms with Gasteiger partial charge in [0.2, 0.25) is 0 Å². The number of carboxylic acids is 1. The van der Waals surface area contributed by atoms with E-state index in [1.54, 1.807) is 18.2 Å². The van der Waals surface area contributed by atoms with Crippen molar-refractivity contribution >= 4 is 5.97 Å². The average Bonchev–Trinajstić information content (AvgIpc) is 2.15. The summed E-state index contributed by atoms with van der Waals surface area (Å²) in [5, 5.41) is 18.1. The monoisotopic (exact) mass is 192 g/mol. The number of benzene rings is 1. The van der Waals surface area contributed by atoms with Crippen LogP contribution in [0.15, 0.2) is 36.9 Å². The minimum Gasteiger partial charge on any atom is -0.508 e. The average molecular weight is 192 g/mol. The molecule has 0 heterocycles. The van der Waals surface area contributed by atoms with E-state index in [-0.39, 0.29) is 18.1 Å². The van der Waals surface area contributed by atoms with Crippen LogP contribution >= 0.6 is 0 Å². The van der Waals surface area contributed by atoms with Gasteiger partial charge >= 0.3 is 5.97 Å². The highest BCUT2D eigenvalue weighted by atomic mass is 16.4. The summed E-state index contributed by atoms with van der Waals surface area (Å²) in [7, 11) is 0. The molecule has 0 bridgehead atoms. The maximum Gasteiger partial charge on any atom is 0.304 e. The van der Waals surface area contributed by atoms with Crippen LogP contribution in [-0.2, 0) is 4.79 Å². The molecular formula is C11H12O3. The first-order valence-electron chi connectivity index (χ1n) is 4.27. The molecule has 1 atom stereocenters. The van der Waals surface area contributed by atoms with Gasteiger partial charge in [0, 0.05) is 11.5 Å². The van der Waals surface area contributed by atoms with Crippen molar-refractivity contribution in [1.29, 1.82) is 0 Å². The Balaban J connectivity index is 2.94. The Bertz CT molecular complexity index is 344. The molecule has 1 unspecified atom stereocenters. The van der Waals surface area contributed by atoms with Crippen LogP contribution in [0, 0.1) is 0 Å². The Labute approximate surface area is 82.3 Å².